The Kier molecular flexibility index (Phi) is 3.23. The molecule has 0 fully saturated rings. The van der Waals surface area contributed by atoms with E-state index in [0.29, 0.717) is 23.4 Å². The van der Waals surface area contributed by atoms with E-state index in [-0.39, 0.29) is 11.5 Å². The molecule has 1 aromatic heterocycles. The molecule has 0 aliphatic carbocycles. The zero-order valence-corrected chi connectivity index (χ0v) is 10.8. The SMILES string of the molecule is CC(C)CC(=O)Nc1ccc2c(c1)c(=O)[nH]n2C. The highest BCUT2D eigenvalue weighted by Gasteiger charge is 2.08. The molecule has 2 rings (SSSR count). The number of aryl methyl sites for hydroxylation is 1. The molecule has 0 atom stereocenters. The number of H-pyrrole nitrogens is 1. The summed E-state index contributed by atoms with van der Waals surface area (Å²) in [6.45, 7) is 3.98. The largest absolute Gasteiger partial charge is 0.326 e. The fraction of sp³-hybridized carbons (Fsp3) is 0.385. The lowest BCUT2D eigenvalue weighted by Crippen LogP contribution is -2.13. The van der Waals surface area contributed by atoms with Gasteiger partial charge in [0.15, 0.2) is 0 Å². The van der Waals surface area contributed by atoms with Crippen LogP contribution in [0, 0.1) is 5.92 Å². The molecule has 0 spiro atoms. The maximum Gasteiger partial charge on any atom is 0.272 e. The van der Waals surface area contributed by atoms with Crippen molar-refractivity contribution in [2.45, 2.75) is 20.3 Å². The van der Waals surface area contributed by atoms with Gasteiger partial charge < -0.3 is 5.32 Å². The van der Waals surface area contributed by atoms with Gasteiger partial charge in [-0.25, -0.2) is 0 Å². The van der Waals surface area contributed by atoms with Crippen LogP contribution in [0.25, 0.3) is 10.9 Å². The molecule has 1 heterocycles. The van der Waals surface area contributed by atoms with Gasteiger partial charge in [-0.3, -0.25) is 19.4 Å². The Morgan fingerprint density at radius 2 is 2.17 bits per heavy atom. The summed E-state index contributed by atoms with van der Waals surface area (Å²) in [5, 5.41) is 6.06. The van der Waals surface area contributed by atoms with Crippen LogP contribution < -0.4 is 10.9 Å². The minimum atomic E-state index is -0.146. The summed E-state index contributed by atoms with van der Waals surface area (Å²) in [5.74, 6) is 0.283. The van der Waals surface area contributed by atoms with Gasteiger partial charge in [-0.2, -0.15) is 0 Å². The van der Waals surface area contributed by atoms with Gasteiger partial charge >= 0.3 is 0 Å². The third kappa shape index (κ3) is 2.45. The van der Waals surface area contributed by atoms with Crippen molar-refractivity contribution in [2.24, 2.45) is 13.0 Å². The Morgan fingerprint density at radius 3 is 2.83 bits per heavy atom. The number of nitrogens with zero attached hydrogens (tertiary/aromatic N) is 1. The van der Waals surface area contributed by atoms with E-state index < -0.39 is 0 Å². The van der Waals surface area contributed by atoms with Crippen LogP contribution in [0.2, 0.25) is 0 Å². The predicted octanol–water partition coefficient (Wildman–Crippen LogP) is 1.85. The number of nitrogens with one attached hydrogen (secondary N) is 2. The van der Waals surface area contributed by atoms with Crippen LogP contribution in [-0.4, -0.2) is 15.7 Å². The summed E-state index contributed by atoms with van der Waals surface area (Å²) in [5.41, 5.74) is 1.33. The van der Waals surface area contributed by atoms with E-state index in [2.05, 4.69) is 10.4 Å². The Labute approximate surface area is 105 Å². The second kappa shape index (κ2) is 4.68. The lowest BCUT2D eigenvalue weighted by atomic mass is 10.1. The van der Waals surface area contributed by atoms with Crippen LogP contribution in [0.4, 0.5) is 5.69 Å². The number of benzene rings is 1. The van der Waals surface area contributed by atoms with E-state index in [4.69, 9.17) is 0 Å². The smallest absolute Gasteiger partial charge is 0.272 e. The van der Waals surface area contributed by atoms with Crippen LogP contribution in [0.5, 0.6) is 0 Å². The first-order valence-corrected chi connectivity index (χ1v) is 5.96. The molecule has 0 saturated heterocycles. The number of aromatic nitrogens is 2. The molecule has 96 valence electrons. The van der Waals surface area contributed by atoms with Gasteiger partial charge in [0.25, 0.3) is 5.56 Å². The van der Waals surface area contributed by atoms with Crippen molar-refractivity contribution in [3.63, 3.8) is 0 Å². The summed E-state index contributed by atoms with van der Waals surface area (Å²) in [6, 6.07) is 5.32. The number of rotatable bonds is 3. The Bertz CT molecular complexity index is 637. The Hall–Kier alpha value is -2.04. The Morgan fingerprint density at radius 1 is 1.44 bits per heavy atom. The lowest BCUT2D eigenvalue weighted by molar-refractivity contribution is -0.116. The highest BCUT2D eigenvalue weighted by Crippen LogP contribution is 2.16. The van der Waals surface area contributed by atoms with E-state index in [1.165, 1.54) is 0 Å². The molecule has 1 amide bonds. The molecule has 2 aromatic rings. The van der Waals surface area contributed by atoms with Crippen LogP contribution in [0.3, 0.4) is 0 Å². The molecule has 0 saturated carbocycles. The molecule has 0 bridgehead atoms. The highest BCUT2D eigenvalue weighted by atomic mass is 16.1. The van der Waals surface area contributed by atoms with Gasteiger partial charge in [-0.05, 0) is 24.1 Å². The van der Waals surface area contributed by atoms with Crippen molar-refractivity contribution in [1.82, 2.24) is 9.78 Å². The topological polar surface area (TPSA) is 66.9 Å². The molecular weight excluding hydrogens is 230 g/mol. The van der Waals surface area contributed by atoms with Gasteiger partial charge in [-0.15, -0.1) is 0 Å². The third-order valence-corrected chi connectivity index (χ3v) is 2.75. The van der Waals surface area contributed by atoms with Gasteiger partial charge in [0, 0.05) is 19.2 Å². The van der Waals surface area contributed by atoms with Crippen molar-refractivity contribution in [1.29, 1.82) is 0 Å². The fourth-order valence-corrected chi connectivity index (χ4v) is 1.94. The second-order valence-electron chi connectivity index (χ2n) is 4.88. The van der Waals surface area contributed by atoms with Crippen LogP contribution >= 0.6 is 0 Å². The zero-order valence-electron chi connectivity index (χ0n) is 10.8. The first-order chi connectivity index (χ1) is 8.47. The predicted molar refractivity (Wildman–Crippen MR) is 71.6 cm³/mol. The zero-order chi connectivity index (χ0) is 13.3. The van der Waals surface area contributed by atoms with E-state index in [1.54, 1.807) is 23.9 Å². The molecule has 0 unspecified atom stereocenters. The van der Waals surface area contributed by atoms with Crippen molar-refractivity contribution in [3.8, 4) is 0 Å². The highest BCUT2D eigenvalue weighted by molar-refractivity contribution is 5.93. The number of carbonyl (C=O) groups excluding carboxylic acids is 1. The normalized spacial score (nSPS) is 11.1. The molecule has 0 aliphatic rings. The standard InChI is InChI=1S/C13H17N3O2/c1-8(2)6-12(17)14-9-4-5-11-10(7-9)13(18)15-16(11)3/h4-5,7-8H,6H2,1-3H3,(H,14,17)(H,15,18). The van der Waals surface area contributed by atoms with E-state index in [0.717, 1.165) is 5.52 Å². The number of hydrogen-bond acceptors (Lipinski definition) is 2. The van der Waals surface area contributed by atoms with Gasteiger partial charge in [0.1, 0.15) is 0 Å². The average Bonchev–Trinajstić information content (AvgIpc) is 2.53. The second-order valence-corrected chi connectivity index (χ2v) is 4.88. The van der Waals surface area contributed by atoms with Crippen molar-refractivity contribution >= 4 is 22.5 Å². The number of aromatic amines is 1. The summed E-state index contributed by atoms with van der Waals surface area (Å²) in [4.78, 5) is 23.3. The number of amides is 1. The van der Waals surface area contributed by atoms with E-state index in [9.17, 15) is 9.59 Å². The number of fused-ring (bicyclic) bond motifs is 1. The first-order valence-electron chi connectivity index (χ1n) is 5.96. The van der Waals surface area contributed by atoms with E-state index >= 15 is 0 Å². The maximum atomic E-state index is 11.6. The van der Waals surface area contributed by atoms with Crippen molar-refractivity contribution in [2.75, 3.05) is 5.32 Å². The summed E-state index contributed by atoms with van der Waals surface area (Å²) in [6.07, 6.45) is 0.475. The minimum absolute atomic E-state index is 0.0308. The molecule has 1 aromatic carbocycles. The average molecular weight is 247 g/mol. The number of anilines is 1. The molecule has 18 heavy (non-hydrogen) atoms. The summed E-state index contributed by atoms with van der Waals surface area (Å²) >= 11 is 0. The quantitative estimate of drug-likeness (QED) is 0.869. The fourth-order valence-electron chi connectivity index (χ4n) is 1.94. The van der Waals surface area contributed by atoms with Gasteiger partial charge in [0.2, 0.25) is 5.91 Å². The van der Waals surface area contributed by atoms with Gasteiger partial charge in [-0.1, -0.05) is 13.8 Å². The Balaban J connectivity index is 2.28. The van der Waals surface area contributed by atoms with Crippen LogP contribution in [-0.2, 0) is 11.8 Å². The summed E-state index contributed by atoms with van der Waals surface area (Å²) < 4.78 is 1.66. The molecule has 5 nitrogen and oxygen atoms in total. The van der Waals surface area contributed by atoms with Gasteiger partial charge in [0.05, 0.1) is 10.9 Å². The number of hydrogen-bond donors (Lipinski definition) is 2. The first kappa shape index (κ1) is 12.4. The maximum absolute atomic E-state index is 11.6. The molecule has 0 aliphatic heterocycles. The van der Waals surface area contributed by atoms with E-state index in [1.807, 2.05) is 19.9 Å². The van der Waals surface area contributed by atoms with Crippen molar-refractivity contribution in [3.05, 3.63) is 28.6 Å². The third-order valence-electron chi connectivity index (χ3n) is 2.75. The van der Waals surface area contributed by atoms with Crippen LogP contribution in [0.15, 0.2) is 23.0 Å². The molecule has 2 N–H and O–H groups in total. The lowest BCUT2D eigenvalue weighted by Gasteiger charge is -2.07. The monoisotopic (exact) mass is 247 g/mol. The molecule has 0 radical (unpaired) electrons. The summed E-state index contributed by atoms with van der Waals surface area (Å²) in [7, 11) is 1.78. The molecule has 5 heteroatoms. The minimum Gasteiger partial charge on any atom is -0.326 e. The molecular formula is C13H17N3O2. The van der Waals surface area contributed by atoms with Crippen LogP contribution in [0.1, 0.15) is 20.3 Å². The number of carbonyl (C=O) groups is 1. The van der Waals surface area contributed by atoms with Crippen molar-refractivity contribution < 1.29 is 4.79 Å².